The van der Waals surface area contributed by atoms with Gasteiger partial charge in [0, 0.05) is 12.5 Å². The first-order valence-electron chi connectivity index (χ1n) is 9.65. The maximum Gasteiger partial charge on any atom is 0.306 e. The largest absolute Gasteiger partial charge is 0.497 e. The molecule has 2 rings (SSSR count). The molecule has 7 nitrogen and oxygen atoms in total. The molecule has 0 aliphatic rings. The summed E-state index contributed by atoms with van der Waals surface area (Å²) in [6.45, 7) is 4.90. The van der Waals surface area contributed by atoms with Crippen LogP contribution in [-0.4, -0.2) is 26.3 Å². The van der Waals surface area contributed by atoms with Gasteiger partial charge in [-0.1, -0.05) is 13.8 Å². The van der Waals surface area contributed by atoms with Crippen LogP contribution < -0.4 is 19.6 Å². The summed E-state index contributed by atoms with van der Waals surface area (Å²) in [5, 5.41) is 0. The highest BCUT2D eigenvalue weighted by Gasteiger charge is 2.09. The number of benzene rings is 1. The molecule has 0 aliphatic carbocycles. The molecule has 0 N–H and O–H groups in total. The molecule has 0 atom stereocenters. The van der Waals surface area contributed by atoms with E-state index in [1.165, 1.54) is 12.3 Å². The summed E-state index contributed by atoms with van der Waals surface area (Å²) in [5.74, 6) is 2.00. The van der Waals surface area contributed by atoms with Crippen LogP contribution in [0.2, 0.25) is 0 Å². The molecule has 1 aromatic carbocycles. The van der Waals surface area contributed by atoms with Gasteiger partial charge in [0.1, 0.15) is 30.1 Å². The van der Waals surface area contributed by atoms with Gasteiger partial charge >= 0.3 is 5.97 Å². The first-order valence-corrected chi connectivity index (χ1v) is 9.65. The number of carbonyl (C=O) groups is 1. The van der Waals surface area contributed by atoms with Crippen molar-refractivity contribution in [3.05, 3.63) is 52.6 Å². The molecule has 0 amide bonds. The number of hydrogen-bond acceptors (Lipinski definition) is 7. The van der Waals surface area contributed by atoms with Crippen molar-refractivity contribution in [1.29, 1.82) is 0 Å². The van der Waals surface area contributed by atoms with Crippen LogP contribution in [0.15, 0.2) is 45.8 Å². The van der Waals surface area contributed by atoms with E-state index in [9.17, 15) is 9.59 Å². The van der Waals surface area contributed by atoms with E-state index in [2.05, 4.69) is 13.8 Å². The molecule has 0 saturated carbocycles. The molecule has 0 unspecified atom stereocenters. The number of carbonyl (C=O) groups excluding carboxylic acids is 1. The first kappa shape index (κ1) is 22.3. The minimum Gasteiger partial charge on any atom is -0.497 e. The van der Waals surface area contributed by atoms with E-state index in [0.29, 0.717) is 31.3 Å². The van der Waals surface area contributed by atoms with Crippen molar-refractivity contribution in [2.24, 2.45) is 5.92 Å². The van der Waals surface area contributed by atoms with Gasteiger partial charge in [-0.3, -0.25) is 9.59 Å². The van der Waals surface area contributed by atoms with Gasteiger partial charge in [0.2, 0.25) is 11.2 Å². The summed E-state index contributed by atoms with van der Waals surface area (Å²) in [7, 11) is 1.60. The number of methoxy groups -OCH3 is 1. The van der Waals surface area contributed by atoms with E-state index < -0.39 is 0 Å². The smallest absolute Gasteiger partial charge is 0.306 e. The standard InChI is InChI=1S/C22H28O7/c1-16(2)10-12-27-21-15-28-19(13-20(21)23)14-29-22(24)5-4-11-26-18-8-6-17(25-3)7-9-18/h6-9,13,15-16H,4-5,10-12,14H2,1-3H3. The molecule has 0 saturated heterocycles. The second kappa shape index (κ2) is 11.8. The Kier molecular flexibility index (Phi) is 9.08. The zero-order chi connectivity index (χ0) is 21.1. The lowest BCUT2D eigenvalue weighted by atomic mass is 10.1. The van der Waals surface area contributed by atoms with Crippen LogP contribution in [0.5, 0.6) is 17.2 Å². The monoisotopic (exact) mass is 404 g/mol. The minimum absolute atomic E-state index is 0.0975. The number of hydrogen-bond donors (Lipinski definition) is 0. The predicted molar refractivity (Wildman–Crippen MR) is 107 cm³/mol. The summed E-state index contributed by atoms with van der Waals surface area (Å²) >= 11 is 0. The third-order valence-corrected chi connectivity index (χ3v) is 4.03. The Hall–Kier alpha value is -2.96. The van der Waals surface area contributed by atoms with E-state index in [4.69, 9.17) is 23.4 Å². The molecule has 158 valence electrons. The highest BCUT2D eigenvalue weighted by molar-refractivity contribution is 5.69. The number of ether oxygens (including phenoxy) is 4. The molecule has 1 aromatic heterocycles. The zero-order valence-electron chi connectivity index (χ0n) is 17.1. The summed E-state index contributed by atoms with van der Waals surface area (Å²) in [4.78, 5) is 23.8. The molecule has 0 aliphatic heterocycles. The van der Waals surface area contributed by atoms with E-state index in [1.54, 1.807) is 31.4 Å². The van der Waals surface area contributed by atoms with E-state index in [1.807, 2.05) is 0 Å². The molecule has 1 heterocycles. The van der Waals surface area contributed by atoms with Crippen LogP contribution in [0.1, 0.15) is 38.9 Å². The van der Waals surface area contributed by atoms with E-state index in [0.717, 1.165) is 12.2 Å². The van der Waals surface area contributed by atoms with Crippen molar-refractivity contribution in [3.8, 4) is 17.2 Å². The fourth-order valence-corrected chi connectivity index (χ4v) is 2.33. The molecule has 0 bridgehead atoms. The van der Waals surface area contributed by atoms with Crippen LogP contribution in [0.3, 0.4) is 0 Å². The maximum atomic E-state index is 12.0. The molecule has 29 heavy (non-hydrogen) atoms. The molecule has 0 spiro atoms. The van der Waals surface area contributed by atoms with Crippen LogP contribution in [0.4, 0.5) is 0 Å². The van der Waals surface area contributed by atoms with Gasteiger partial charge in [-0.25, -0.2) is 0 Å². The van der Waals surface area contributed by atoms with Gasteiger partial charge in [0.15, 0.2) is 0 Å². The van der Waals surface area contributed by atoms with Crippen molar-refractivity contribution in [2.75, 3.05) is 20.3 Å². The van der Waals surface area contributed by atoms with Gasteiger partial charge in [0.05, 0.1) is 20.3 Å². The van der Waals surface area contributed by atoms with Crippen molar-refractivity contribution in [3.63, 3.8) is 0 Å². The molecule has 7 heteroatoms. The van der Waals surface area contributed by atoms with Gasteiger partial charge in [-0.15, -0.1) is 0 Å². The summed E-state index contributed by atoms with van der Waals surface area (Å²) in [6, 6.07) is 8.49. The quantitative estimate of drug-likeness (QED) is 0.391. The highest BCUT2D eigenvalue weighted by atomic mass is 16.5. The number of rotatable bonds is 12. The first-order chi connectivity index (χ1) is 14.0. The fourth-order valence-electron chi connectivity index (χ4n) is 2.33. The Bertz CT molecular complexity index is 809. The Morgan fingerprint density at radius 3 is 2.45 bits per heavy atom. The van der Waals surface area contributed by atoms with Crippen LogP contribution in [0, 0.1) is 5.92 Å². The molecule has 2 aromatic rings. The molecular formula is C22H28O7. The van der Waals surface area contributed by atoms with Crippen LogP contribution in [-0.2, 0) is 16.1 Å². The Morgan fingerprint density at radius 1 is 1.07 bits per heavy atom. The fraction of sp³-hybridized carbons (Fsp3) is 0.455. The summed E-state index contributed by atoms with van der Waals surface area (Å²) in [5.41, 5.74) is -0.293. The summed E-state index contributed by atoms with van der Waals surface area (Å²) < 4.78 is 26.5. The van der Waals surface area contributed by atoms with Crippen LogP contribution in [0.25, 0.3) is 0 Å². The topological polar surface area (TPSA) is 84.2 Å². The maximum absolute atomic E-state index is 12.0. The van der Waals surface area contributed by atoms with Crippen LogP contribution >= 0.6 is 0 Å². The normalized spacial score (nSPS) is 10.6. The summed E-state index contributed by atoms with van der Waals surface area (Å²) in [6.07, 6.45) is 2.82. The SMILES string of the molecule is COc1ccc(OCCCC(=O)OCc2cc(=O)c(OCCC(C)C)co2)cc1. The predicted octanol–water partition coefficient (Wildman–Crippen LogP) is 3.98. The van der Waals surface area contributed by atoms with Gasteiger partial charge < -0.3 is 23.4 Å². The van der Waals surface area contributed by atoms with Gasteiger partial charge in [0.25, 0.3) is 0 Å². The Labute approximate surface area is 170 Å². The zero-order valence-corrected chi connectivity index (χ0v) is 17.1. The van der Waals surface area contributed by atoms with Gasteiger partial charge in [-0.05, 0) is 43.0 Å². The van der Waals surface area contributed by atoms with Crippen molar-refractivity contribution in [2.45, 2.75) is 39.7 Å². The second-order valence-corrected chi connectivity index (χ2v) is 6.89. The van der Waals surface area contributed by atoms with Crippen molar-refractivity contribution in [1.82, 2.24) is 0 Å². The third-order valence-electron chi connectivity index (χ3n) is 4.03. The lowest BCUT2D eigenvalue weighted by Gasteiger charge is -2.08. The van der Waals surface area contributed by atoms with Crippen molar-refractivity contribution < 1.29 is 28.2 Å². The second-order valence-electron chi connectivity index (χ2n) is 6.89. The van der Waals surface area contributed by atoms with E-state index in [-0.39, 0.29) is 35.9 Å². The highest BCUT2D eigenvalue weighted by Crippen LogP contribution is 2.17. The lowest BCUT2D eigenvalue weighted by Crippen LogP contribution is -2.12. The number of esters is 1. The van der Waals surface area contributed by atoms with Crippen molar-refractivity contribution >= 4 is 5.97 Å². The average molecular weight is 404 g/mol. The average Bonchev–Trinajstić information content (AvgIpc) is 2.71. The lowest BCUT2D eigenvalue weighted by molar-refractivity contribution is -0.145. The molecule has 0 radical (unpaired) electrons. The third kappa shape index (κ3) is 8.29. The van der Waals surface area contributed by atoms with Gasteiger partial charge in [-0.2, -0.15) is 0 Å². The van der Waals surface area contributed by atoms with E-state index >= 15 is 0 Å². The Morgan fingerprint density at radius 2 is 1.79 bits per heavy atom. The minimum atomic E-state index is -0.386. The molecule has 0 fully saturated rings. The molecular weight excluding hydrogens is 376 g/mol. The Balaban J connectivity index is 1.66.